The Balaban J connectivity index is 2.65. The highest BCUT2D eigenvalue weighted by Crippen LogP contribution is 2.22. The van der Waals surface area contributed by atoms with Crippen LogP contribution in [0.3, 0.4) is 0 Å². The quantitative estimate of drug-likeness (QED) is 0.468. The summed E-state index contributed by atoms with van der Waals surface area (Å²) in [6.45, 7) is 4.57. The predicted octanol–water partition coefficient (Wildman–Crippen LogP) is 1.89. The number of hydrogen-bond acceptors (Lipinski definition) is 4. The zero-order chi connectivity index (χ0) is 12.8. The van der Waals surface area contributed by atoms with E-state index in [1.165, 1.54) is 6.07 Å². The van der Waals surface area contributed by atoms with Crippen molar-refractivity contribution < 1.29 is 14.1 Å². The van der Waals surface area contributed by atoms with Crippen LogP contribution in [0.25, 0.3) is 0 Å². The minimum atomic E-state index is -0.910. The Labute approximate surface area is 98.0 Å². The molecule has 6 heteroatoms. The van der Waals surface area contributed by atoms with Crippen LogP contribution >= 0.6 is 0 Å². The summed E-state index contributed by atoms with van der Waals surface area (Å²) < 4.78 is 18.5. The second-order valence-electron chi connectivity index (χ2n) is 3.44. The van der Waals surface area contributed by atoms with E-state index in [9.17, 15) is 14.5 Å². The fourth-order valence-electron chi connectivity index (χ4n) is 1.21. The molecule has 0 spiro atoms. The maximum absolute atomic E-state index is 13.2. The average Bonchev–Trinajstić information content (AvgIpc) is 2.26. The van der Waals surface area contributed by atoms with E-state index in [-0.39, 0.29) is 12.4 Å². The van der Waals surface area contributed by atoms with Gasteiger partial charge in [0.25, 0.3) is 0 Å². The largest absolute Gasteiger partial charge is 0.489 e. The number of likely N-dealkylation sites (N-methyl/N-ethyl adjacent to an activating group) is 1. The van der Waals surface area contributed by atoms with Gasteiger partial charge in [0, 0.05) is 18.7 Å². The topological polar surface area (TPSA) is 64.4 Å². The molecule has 1 aromatic carbocycles. The Morgan fingerprint density at radius 2 is 2.35 bits per heavy atom. The molecule has 0 aliphatic rings. The Kier molecular flexibility index (Phi) is 4.59. The number of halogens is 1. The third kappa shape index (κ3) is 3.84. The van der Waals surface area contributed by atoms with E-state index in [0.717, 1.165) is 17.7 Å². The molecule has 92 valence electrons. The lowest BCUT2D eigenvalue weighted by molar-refractivity contribution is -0.387. The van der Waals surface area contributed by atoms with Gasteiger partial charge in [0.15, 0.2) is 0 Å². The fourth-order valence-corrected chi connectivity index (χ4v) is 1.21. The first kappa shape index (κ1) is 13.1. The summed E-state index contributed by atoms with van der Waals surface area (Å²) in [7, 11) is 1.77. The number of nitrogens with one attached hydrogen (secondary N) is 1. The van der Waals surface area contributed by atoms with Crippen molar-refractivity contribution in [3.05, 3.63) is 46.3 Å². The summed E-state index contributed by atoms with van der Waals surface area (Å²) in [4.78, 5) is 9.61. The molecule has 0 radical (unpaired) electrons. The molecule has 1 N–H and O–H groups in total. The number of benzene rings is 1. The van der Waals surface area contributed by atoms with Gasteiger partial charge in [0.1, 0.15) is 12.4 Å². The number of hydrogen-bond donors (Lipinski definition) is 1. The van der Waals surface area contributed by atoms with Gasteiger partial charge in [-0.1, -0.05) is 6.58 Å². The van der Waals surface area contributed by atoms with E-state index in [1.807, 2.05) is 0 Å². The number of nitro benzene ring substituents is 1. The zero-order valence-corrected chi connectivity index (χ0v) is 9.40. The minimum absolute atomic E-state index is 0.234. The van der Waals surface area contributed by atoms with Crippen LogP contribution in [0.1, 0.15) is 0 Å². The van der Waals surface area contributed by atoms with Crippen molar-refractivity contribution in [3.63, 3.8) is 0 Å². The average molecular weight is 240 g/mol. The summed E-state index contributed by atoms with van der Waals surface area (Å²) in [6.07, 6.45) is 0. The molecule has 0 fully saturated rings. The van der Waals surface area contributed by atoms with Gasteiger partial charge >= 0.3 is 5.69 Å². The van der Waals surface area contributed by atoms with E-state index in [1.54, 1.807) is 7.05 Å². The van der Waals surface area contributed by atoms with Gasteiger partial charge in [0.2, 0.25) is 5.82 Å². The van der Waals surface area contributed by atoms with Gasteiger partial charge in [-0.2, -0.15) is 4.39 Å². The second kappa shape index (κ2) is 5.95. The van der Waals surface area contributed by atoms with Crippen molar-refractivity contribution in [1.82, 2.24) is 5.32 Å². The SMILES string of the molecule is C=C(CNC)COc1ccc([N+](=O)[O-])c(F)c1. The predicted molar refractivity (Wildman–Crippen MR) is 61.6 cm³/mol. The van der Waals surface area contributed by atoms with Gasteiger partial charge in [-0.05, 0) is 18.7 Å². The molecule has 17 heavy (non-hydrogen) atoms. The first-order chi connectivity index (χ1) is 8.04. The van der Waals surface area contributed by atoms with E-state index in [2.05, 4.69) is 11.9 Å². The van der Waals surface area contributed by atoms with Crippen molar-refractivity contribution in [2.75, 3.05) is 20.2 Å². The molecule has 5 nitrogen and oxygen atoms in total. The Morgan fingerprint density at radius 3 is 2.88 bits per heavy atom. The van der Waals surface area contributed by atoms with E-state index < -0.39 is 16.4 Å². The molecule has 0 saturated carbocycles. The molecule has 0 heterocycles. The van der Waals surface area contributed by atoms with E-state index >= 15 is 0 Å². The maximum Gasteiger partial charge on any atom is 0.305 e. The lowest BCUT2D eigenvalue weighted by atomic mass is 10.3. The number of ether oxygens (including phenoxy) is 1. The third-order valence-electron chi connectivity index (χ3n) is 1.99. The van der Waals surface area contributed by atoms with Gasteiger partial charge in [-0.15, -0.1) is 0 Å². The maximum atomic E-state index is 13.2. The molecule has 0 bridgehead atoms. The zero-order valence-electron chi connectivity index (χ0n) is 9.40. The van der Waals surface area contributed by atoms with E-state index in [4.69, 9.17) is 4.74 Å². The molecule has 1 aromatic rings. The van der Waals surface area contributed by atoms with Crippen LogP contribution in [0.2, 0.25) is 0 Å². The third-order valence-corrected chi connectivity index (χ3v) is 1.99. The smallest absolute Gasteiger partial charge is 0.305 e. The summed E-state index contributed by atoms with van der Waals surface area (Å²) in [5.41, 5.74) is 0.234. The molecular formula is C11H13FN2O3. The van der Waals surface area contributed by atoms with Gasteiger partial charge in [-0.25, -0.2) is 0 Å². The highest BCUT2D eigenvalue weighted by molar-refractivity contribution is 5.38. The van der Waals surface area contributed by atoms with Crippen LogP contribution in [0, 0.1) is 15.9 Å². The van der Waals surface area contributed by atoms with Gasteiger partial charge in [-0.3, -0.25) is 10.1 Å². The normalized spacial score (nSPS) is 10.0. The van der Waals surface area contributed by atoms with Crippen LogP contribution in [0.5, 0.6) is 5.75 Å². The molecule has 1 rings (SSSR count). The number of rotatable bonds is 6. The van der Waals surface area contributed by atoms with Gasteiger partial charge < -0.3 is 10.1 Å². The Morgan fingerprint density at radius 1 is 1.65 bits per heavy atom. The number of nitrogens with zero attached hydrogens (tertiary/aromatic N) is 1. The van der Waals surface area contributed by atoms with Crippen LogP contribution in [-0.2, 0) is 0 Å². The minimum Gasteiger partial charge on any atom is -0.489 e. The summed E-state index contributed by atoms with van der Waals surface area (Å²) in [6, 6.07) is 3.42. The molecule has 0 saturated heterocycles. The van der Waals surface area contributed by atoms with Crippen molar-refractivity contribution >= 4 is 5.69 Å². The molecule has 0 atom stereocenters. The first-order valence-corrected chi connectivity index (χ1v) is 4.92. The summed E-state index contributed by atoms with van der Waals surface area (Å²) in [5, 5.41) is 13.3. The second-order valence-corrected chi connectivity index (χ2v) is 3.44. The molecule has 0 unspecified atom stereocenters. The lowest BCUT2D eigenvalue weighted by Crippen LogP contribution is -2.14. The van der Waals surface area contributed by atoms with Gasteiger partial charge in [0.05, 0.1) is 4.92 Å². The fraction of sp³-hybridized carbons (Fsp3) is 0.273. The molecule has 0 aromatic heterocycles. The standard InChI is InChI=1S/C11H13FN2O3/c1-8(6-13-2)7-17-9-3-4-11(14(15)16)10(12)5-9/h3-5,13H,1,6-7H2,2H3. The summed E-state index contributed by atoms with van der Waals surface area (Å²) in [5.74, 6) is -0.669. The molecular weight excluding hydrogens is 227 g/mol. The molecule has 0 aliphatic carbocycles. The highest BCUT2D eigenvalue weighted by Gasteiger charge is 2.14. The van der Waals surface area contributed by atoms with Crippen LogP contribution < -0.4 is 10.1 Å². The van der Waals surface area contributed by atoms with Crippen molar-refractivity contribution in [2.45, 2.75) is 0 Å². The monoisotopic (exact) mass is 240 g/mol. The summed E-state index contributed by atoms with van der Waals surface area (Å²) >= 11 is 0. The molecule has 0 aliphatic heterocycles. The van der Waals surface area contributed by atoms with Crippen LogP contribution in [0.15, 0.2) is 30.4 Å². The lowest BCUT2D eigenvalue weighted by Gasteiger charge is -2.08. The van der Waals surface area contributed by atoms with Crippen LogP contribution in [0.4, 0.5) is 10.1 Å². The van der Waals surface area contributed by atoms with Crippen molar-refractivity contribution in [1.29, 1.82) is 0 Å². The van der Waals surface area contributed by atoms with Crippen LogP contribution in [-0.4, -0.2) is 25.1 Å². The Bertz CT molecular complexity index is 435. The highest BCUT2D eigenvalue weighted by atomic mass is 19.1. The Hall–Kier alpha value is -1.95. The van der Waals surface area contributed by atoms with Crippen molar-refractivity contribution in [2.24, 2.45) is 0 Å². The number of nitro groups is 1. The first-order valence-electron chi connectivity index (χ1n) is 4.92. The molecule has 0 amide bonds. The van der Waals surface area contributed by atoms with Crippen molar-refractivity contribution in [3.8, 4) is 5.75 Å². The van der Waals surface area contributed by atoms with E-state index in [0.29, 0.717) is 6.54 Å².